The molecule has 1 aromatic rings. The average molecular weight is 356 g/mol. The maximum Gasteiger partial charge on any atom is 0.279 e. The number of rotatable bonds is 6. The summed E-state index contributed by atoms with van der Waals surface area (Å²) in [6.45, 7) is 2.32. The van der Waals surface area contributed by atoms with Gasteiger partial charge in [-0.2, -0.15) is 17.4 Å². The van der Waals surface area contributed by atoms with E-state index < -0.39 is 10.2 Å². The van der Waals surface area contributed by atoms with Crippen molar-refractivity contribution < 1.29 is 17.9 Å². The van der Waals surface area contributed by atoms with Gasteiger partial charge >= 0.3 is 0 Å². The van der Waals surface area contributed by atoms with Gasteiger partial charge in [0.05, 0.1) is 13.7 Å². The molecule has 1 saturated heterocycles. The average Bonchev–Trinajstić information content (AvgIpc) is 2.60. The second-order valence-corrected chi connectivity index (χ2v) is 7.64. The van der Waals surface area contributed by atoms with E-state index in [1.54, 1.807) is 12.0 Å². The standard InChI is InChI=1S/C15H24N4O4S/c1-17(2)24(21,22)16-12-15(20)19-10-8-18(9-11-19)13-4-6-14(23-3)7-5-13/h4-7,16H,8-12H2,1-3H3. The number of benzene rings is 1. The van der Waals surface area contributed by atoms with Crippen LogP contribution in [0.4, 0.5) is 5.69 Å². The van der Waals surface area contributed by atoms with Crippen LogP contribution in [0.1, 0.15) is 0 Å². The summed E-state index contributed by atoms with van der Waals surface area (Å²) in [5.74, 6) is 0.593. The molecule has 1 aliphatic rings. The van der Waals surface area contributed by atoms with E-state index >= 15 is 0 Å². The largest absolute Gasteiger partial charge is 0.497 e. The molecule has 0 spiro atoms. The van der Waals surface area contributed by atoms with Gasteiger partial charge in [-0.1, -0.05) is 0 Å². The molecule has 24 heavy (non-hydrogen) atoms. The summed E-state index contributed by atoms with van der Waals surface area (Å²) < 4.78 is 31.7. The molecule has 0 bridgehead atoms. The van der Waals surface area contributed by atoms with Gasteiger partial charge < -0.3 is 14.5 Å². The fourth-order valence-electron chi connectivity index (χ4n) is 2.40. The van der Waals surface area contributed by atoms with Crippen LogP contribution in [0.25, 0.3) is 0 Å². The lowest BCUT2D eigenvalue weighted by Gasteiger charge is -2.36. The highest BCUT2D eigenvalue weighted by atomic mass is 32.2. The molecule has 0 saturated carbocycles. The maximum absolute atomic E-state index is 12.1. The molecule has 0 atom stereocenters. The van der Waals surface area contributed by atoms with E-state index in [1.807, 2.05) is 24.3 Å². The predicted octanol–water partition coefficient (Wildman–Crippen LogP) is -0.260. The first-order chi connectivity index (χ1) is 11.3. The minimum atomic E-state index is -3.58. The van der Waals surface area contributed by atoms with Gasteiger partial charge in [0.15, 0.2) is 0 Å². The zero-order chi connectivity index (χ0) is 17.7. The summed E-state index contributed by atoms with van der Waals surface area (Å²) in [5, 5.41) is 0. The van der Waals surface area contributed by atoms with Crippen molar-refractivity contribution in [2.75, 3.05) is 58.8 Å². The minimum Gasteiger partial charge on any atom is -0.497 e. The van der Waals surface area contributed by atoms with E-state index in [0.29, 0.717) is 26.2 Å². The summed E-state index contributed by atoms with van der Waals surface area (Å²) in [4.78, 5) is 16.0. The van der Waals surface area contributed by atoms with Crippen molar-refractivity contribution in [1.29, 1.82) is 0 Å². The Balaban J connectivity index is 1.84. The Morgan fingerprint density at radius 1 is 1.17 bits per heavy atom. The van der Waals surface area contributed by atoms with E-state index in [0.717, 1.165) is 15.7 Å². The molecule has 0 aromatic heterocycles. The van der Waals surface area contributed by atoms with Gasteiger partial charge in [-0.05, 0) is 24.3 Å². The molecule has 0 radical (unpaired) electrons. The van der Waals surface area contributed by atoms with Gasteiger partial charge in [-0.15, -0.1) is 0 Å². The summed E-state index contributed by atoms with van der Waals surface area (Å²) in [5.41, 5.74) is 1.08. The van der Waals surface area contributed by atoms with Crippen LogP contribution in [0.5, 0.6) is 5.75 Å². The zero-order valence-corrected chi connectivity index (χ0v) is 15.0. The molecule has 1 fully saturated rings. The summed E-state index contributed by atoms with van der Waals surface area (Å²) in [6.07, 6.45) is 0. The first-order valence-corrected chi connectivity index (χ1v) is 9.11. The smallest absolute Gasteiger partial charge is 0.279 e. The van der Waals surface area contributed by atoms with Crippen LogP contribution < -0.4 is 14.4 Å². The third-order valence-corrected chi connectivity index (χ3v) is 5.43. The van der Waals surface area contributed by atoms with Crippen LogP contribution in [0, 0.1) is 0 Å². The second-order valence-electron chi connectivity index (χ2n) is 5.67. The third kappa shape index (κ3) is 4.59. The zero-order valence-electron chi connectivity index (χ0n) is 14.2. The third-order valence-electron chi connectivity index (χ3n) is 3.96. The fraction of sp³-hybridized carbons (Fsp3) is 0.533. The predicted molar refractivity (Wildman–Crippen MR) is 92.4 cm³/mol. The first kappa shape index (κ1) is 18.5. The van der Waals surface area contributed by atoms with Crippen molar-refractivity contribution in [3.63, 3.8) is 0 Å². The van der Waals surface area contributed by atoms with Gasteiger partial charge in [0.2, 0.25) is 5.91 Å². The topological polar surface area (TPSA) is 82.2 Å². The SMILES string of the molecule is COc1ccc(N2CCN(C(=O)CNS(=O)(=O)N(C)C)CC2)cc1. The lowest BCUT2D eigenvalue weighted by molar-refractivity contribution is -0.130. The van der Waals surface area contributed by atoms with E-state index in [9.17, 15) is 13.2 Å². The van der Waals surface area contributed by atoms with Crippen molar-refractivity contribution >= 4 is 21.8 Å². The Morgan fingerprint density at radius 2 is 1.75 bits per heavy atom. The van der Waals surface area contributed by atoms with E-state index in [-0.39, 0.29) is 12.5 Å². The number of amides is 1. The summed E-state index contributed by atoms with van der Waals surface area (Å²) in [6, 6.07) is 7.79. The summed E-state index contributed by atoms with van der Waals surface area (Å²) in [7, 11) is 0.884. The number of nitrogens with one attached hydrogen (secondary N) is 1. The number of ether oxygens (including phenoxy) is 1. The highest BCUT2D eigenvalue weighted by Crippen LogP contribution is 2.20. The van der Waals surface area contributed by atoms with Crippen molar-refractivity contribution in [3.05, 3.63) is 24.3 Å². The quantitative estimate of drug-likeness (QED) is 0.759. The number of carbonyl (C=O) groups excluding carboxylic acids is 1. The normalized spacial score (nSPS) is 15.7. The molecular formula is C15H24N4O4S. The number of hydrogen-bond acceptors (Lipinski definition) is 5. The molecule has 134 valence electrons. The second kappa shape index (κ2) is 7.82. The van der Waals surface area contributed by atoms with Gasteiger partial charge in [0.25, 0.3) is 10.2 Å². The number of anilines is 1. The molecule has 2 rings (SSSR count). The number of hydrogen-bond donors (Lipinski definition) is 1. The Labute approximate surface area is 143 Å². The molecule has 0 aliphatic carbocycles. The Hall–Kier alpha value is -1.84. The summed E-state index contributed by atoms with van der Waals surface area (Å²) >= 11 is 0. The van der Waals surface area contributed by atoms with Crippen molar-refractivity contribution in [2.24, 2.45) is 0 Å². The molecule has 1 heterocycles. The highest BCUT2D eigenvalue weighted by molar-refractivity contribution is 7.87. The maximum atomic E-state index is 12.1. The monoisotopic (exact) mass is 356 g/mol. The Morgan fingerprint density at radius 3 is 2.25 bits per heavy atom. The lowest BCUT2D eigenvalue weighted by atomic mass is 10.2. The molecule has 1 N–H and O–H groups in total. The van der Waals surface area contributed by atoms with Crippen LogP contribution in [0.2, 0.25) is 0 Å². The Kier molecular flexibility index (Phi) is 6.03. The minimum absolute atomic E-state index is 0.213. The number of piperazine rings is 1. The van der Waals surface area contributed by atoms with Gasteiger partial charge in [-0.3, -0.25) is 4.79 Å². The van der Waals surface area contributed by atoms with Crippen molar-refractivity contribution in [2.45, 2.75) is 0 Å². The molecule has 1 aliphatic heterocycles. The van der Waals surface area contributed by atoms with Gasteiger partial charge in [0, 0.05) is 46.0 Å². The Bertz CT molecular complexity index is 653. The van der Waals surface area contributed by atoms with Gasteiger partial charge in [-0.25, -0.2) is 0 Å². The van der Waals surface area contributed by atoms with Crippen LogP contribution >= 0.6 is 0 Å². The van der Waals surface area contributed by atoms with Gasteiger partial charge in [0.1, 0.15) is 5.75 Å². The lowest BCUT2D eigenvalue weighted by Crippen LogP contribution is -2.52. The molecule has 1 aromatic carbocycles. The fourth-order valence-corrected chi connectivity index (χ4v) is 2.97. The van der Waals surface area contributed by atoms with E-state index in [1.165, 1.54) is 14.1 Å². The van der Waals surface area contributed by atoms with Crippen LogP contribution in [-0.2, 0) is 15.0 Å². The molecule has 8 nitrogen and oxygen atoms in total. The molecule has 9 heteroatoms. The molecule has 1 amide bonds. The first-order valence-electron chi connectivity index (χ1n) is 7.67. The van der Waals surface area contributed by atoms with Crippen molar-refractivity contribution in [3.8, 4) is 5.75 Å². The highest BCUT2D eigenvalue weighted by Gasteiger charge is 2.23. The van der Waals surface area contributed by atoms with E-state index in [4.69, 9.17) is 4.74 Å². The molecule has 0 unspecified atom stereocenters. The van der Waals surface area contributed by atoms with Crippen LogP contribution in [0.3, 0.4) is 0 Å². The number of nitrogens with zero attached hydrogens (tertiary/aromatic N) is 3. The number of methoxy groups -OCH3 is 1. The van der Waals surface area contributed by atoms with Crippen molar-refractivity contribution in [1.82, 2.24) is 13.9 Å². The molecular weight excluding hydrogens is 332 g/mol. The van der Waals surface area contributed by atoms with Crippen LogP contribution in [-0.4, -0.2) is 77.5 Å². The van der Waals surface area contributed by atoms with Crippen LogP contribution in [0.15, 0.2) is 24.3 Å². The van der Waals surface area contributed by atoms with E-state index in [2.05, 4.69) is 9.62 Å². The number of carbonyl (C=O) groups is 1.